The first-order chi connectivity index (χ1) is 13.7. The SMILES string of the molecule is Cc1cc(-c2c(-c3ccc(F)cc3)nc(N)c3c2NCC=N3)cc(C(F)(F)F)n1. The molecule has 1 aliphatic rings. The number of anilines is 2. The van der Waals surface area contributed by atoms with E-state index < -0.39 is 17.7 Å². The largest absolute Gasteiger partial charge is 0.433 e. The smallest absolute Gasteiger partial charge is 0.382 e. The van der Waals surface area contributed by atoms with Crippen molar-refractivity contribution in [3.63, 3.8) is 0 Å². The van der Waals surface area contributed by atoms with Crippen LogP contribution in [0.15, 0.2) is 41.4 Å². The Morgan fingerprint density at radius 3 is 2.45 bits per heavy atom. The van der Waals surface area contributed by atoms with Crippen molar-refractivity contribution in [2.24, 2.45) is 4.99 Å². The van der Waals surface area contributed by atoms with E-state index in [2.05, 4.69) is 20.3 Å². The molecule has 148 valence electrons. The summed E-state index contributed by atoms with van der Waals surface area (Å²) in [6, 6.07) is 8.00. The molecule has 3 aromatic rings. The molecule has 2 aromatic heterocycles. The van der Waals surface area contributed by atoms with E-state index >= 15 is 0 Å². The van der Waals surface area contributed by atoms with Crippen LogP contribution in [0, 0.1) is 12.7 Å². The fourth-order valence-electron chi connectivity index (χ4n) is 3.24. The van der Waals surface area contributed by atoms with E-state index in [1.54, 1.807) is 6.21 Å². The van der Waals surface area contributed by atoms with Crippen LogP contribution in [0.25, 0.3) is 22.4 Å². The number of aryl methyl sites for hydroxylation is 1. The highest BCUT2D eigenvalue weighted by Crippen LogP contribution is 2.46. The van der Waals surface area contributed by atoms with Crippen molar-refractivity contribution < 1.29 is 17.6 Å². The molecular formula is C20H15F4N5. The number of nitrogens with zero attached hydrogens (tertiary/aromatic N) is 3. The Labute approximate surface area is 163 Å². The monoisotopic (exact) mass is 401 g/mol. The van der Waals surface area contributed by atoms with E-state index in [1.807, 2.05) is 0 Å². The number of nitrogens with one attached hydrogen (secondary N) is 1. The van der Waals surface area contributed by atoms with Gasteiger partial charge in [0.2, 0.25) is 0 Å². The highest BCUT2D eigenvalue weighted by atomic mass is 19.4. The standard InChI is InChI=1S/C20H15F4N5/c1-10-8-12(9-14(28-10)20(22,23)24)15-16(11-2-4-13(21)5-3-11)29-19(25)18-17(15)26-6-7-27-18/h2-5,7-9,26H,6H2,1H3,(H2,25,29). The van der Waals surface area contributed by atoms with E-state index in [9.17, 15) is 17.6 Å². The van der Waals surface area contributed by atoms with Gasteiger partial charge in [-0.2, -0.15) is 13.2 Å². The molecule has 0 unspecified atom stereocenters. The van der Waals surface area contributed by atoms with Crippen LogP contribution >= 0.6 is 0 Å². The lowest BCUT2D eigenvalue weighted by atomic mass is 9.95. The number of nitrogen functional groups attached to an aromatic ring is 1. The molecule has 0 amide bonds. The Balaban J connectivity index is 2.05. The number of aromatic nitrogens is 2. The summed E-state index contributed by atoms with van der Waals surface area (Å²) in [5.41, 5.74) is 7.55. The summed E-state index contributed by atoms with van der Waals surface area (Å²) in [5, 5.41) is 3.12. The second-order valence-corrected chi connectivity index (χ2v) is 6.52. The number of halogens is 4. The summed E-state index contributed by atoms with van der Waals surface area (Å²) in [5.74, 6) is -0.323. The van der Waals surface area contributed by atoms with Crippen LogP contribution < -0.4 is 11.1 Å². The van der Waals surface area contributed by atoms with Gasteiger partial charge < -0.3 is 11.1 Å². The summed E-state index contributed by atoms with van der Waals surface area (Å²) in [7, 11) is 0. The van der Waals surface area contributed by atoms with Crippen molar-refractivity contribution in [3.05, 3.63) is 53.6 Å². The minimum Gasteiger partial charge on any atom is -0.382 e. The Hall–Kier alpha value is -3.49. The van der Waals surface area contributed by atoms with Crippen LogP contribution in [0.1, 0.15) is 11.4 Å². The first kappa shape index (κ1) is 18.9. The number of fused-ring (bicyclic) bond motifs is 1. The summed E-state index contributed by atoms with van der Waals surface area (Å²) >= 11 is 0. The van der Waals surface area contributed by atoms with Crippen LogP contribution in [0.4, 0.5) is 34.8 Å². The lowest BCUT2D eigenvalue weighted by Crippen LogP contribution is -2.13. The molecule has 0 saturated heterocycles. The van der Waals surface area contributed by atoms with Gasteiger partial charge in [-0.15, -0.1) is 0 Å². The molecule has 0 fully saturated rings. The van der Waals surface area contributed by atoms with Crippen LogP contribution in [-0.2, 0) is 6.18 Å². The minimum absolute atomic E-state index is 0.119. The van der Waals surface area contributed by atoms with Crippen LogP contribution in [0.5, 0.6) is 0 Å². The van der Waals surface area contributed by atoms with Crippen molar-refractivity contribution in [1.29, 1.82) is 0 Å². The van der Waals surface area contributed by atoms with E-state index in [0.717, 1.165) is 6.07 Å². The van der Waals surface area contributed by atoms with Crippen molar-refractivity contribution in [2.45, 2.75) is 13.1 Å². The average Bonchev–Trinajstić information content (AvgIpc) is 2.67. The first-order valence-electron chi connectivity index (χ1n) is 8.66. The molecule has 5 nitrogen and oxygen atoms in total. The number of hydrogen-bond donors (Lipinski definition) is 2. The molecule has 1 aromatic carbocycles. The third-order valence-electron chi connectivity index (χ3n) is 4.44. The van der Waals surface area contributed by atoms with Crippen molar-refractivity contribution in [3.8, 4) is 22.4 Å². The van der Waals surface area contributed by atoms with Crippen LogP contribution in [-0.4, -0.2) is 22.7 Å². The zero-order valence-electron chi connectivity index (χ0n) is 15.2. The lowest BCUT2D eigenvalue weighted by molar-refractivity contribution is -0.141. The molecule has 0 aliphatic carbocycles. The van der Waals surface area contributed by atoms with Gasteiger partial charge in [0.15, 0.2) is 5.82 Å². The van der Waals surface area contributed by atoms with Gasteiger partial charge in [0.1, 0.15) is 17.2 Å². The normalized spacial score (nSPS) is 13.1. The Morgan fingerprint density at radius 1 is 1.03 bits per heavy atom. The number of hydrogen-bond acceptors (Lipinski definition) is 5. The molecule has 1 aliphatic heterocycles. The Bertz CT molecular complexity index is 1120. The Kier molecular flexibility index (Phi) is 4.45. The number of benzene rings is 1. The van der Waals surface area contributed by atoms with Gasteiger partial charge in [0, 0.05) is 23.0 Å². The van der Waals surface area contributed by atoms with Gasteiger partial charge in [0.05, 0.1) is 17.9 Å². The van der Waals surface area contributed by atoms with E-state index in [1.165, 1.54) is 37.3 Å². The van der Waals surface area contributed by atoms with Crippen molar-refractivity contribution in [1.82, 2.24) is 9.97 Å². The average molecular weight is 401 g/mol. The molecule has 0 bridgehead atoms. The number of alkyl halides is 3. The van der Waals surface area contributed by atoms with Crippen LogP contribution in [0.3, 0.4) is 0 Å². The number of nitrogens with two attached hydrogens (primary N) is 1. The van der Waals surface area contributed by atoms with Gasteiger partial charge in [-0.05, 0) is 48.9 Å². The Morgan fingerprint density at radius 2 is 1.76 bits per heavy atom. The third kappa shape index (κ3) is 3.51. The third-order valence-corrected chi connectivity index (χ3v) is 4.44. The maximum Gasteiger partial charge on any atom is 0.433 e. The molecule has 29 heavy (non-hydrogen) atoms. The summed E-state index contributed by atoms with van der Waals surface area (Å²) in [6.07, 6.45) is -3.01. The summed E-state index contributed by atoms with van der Waals surface area (Å²) in [4.78, 5) is 12.2. The molecule has 3 heterocycles. The van der Waals surface area contributed by atoms with Gasteiger partial charge in [-0.25, -0.2) is 14.4 Å². The quantitative estimate of drug-likeness (QED) is 0.594. The van der Waals surface area contributed by atoms with Gasteiger partial charge in [-0.1, -0.05) is 0 Å². The predicted molar refractivity (Wildman–Crippen MR) is 104 cm³/mol. The van der Waals surface area contributed by atoms with Gasteiger partial charge in [0.25, 0.3) is 0 Å². The zero-order valence-corrected chi connectivity index (χ0v) is 15.2. The highest BCUT2D eigenvalue weighted by Gasteiger charge is 2.34. The van der Waals surface area contributed by atoms with E-state index in [0.29, 0.717) is 34.7 Å². The van der Waals surface area contributed by atoms with Gasteiger partial charge in [-0.3, -0.25) is 4.99 Å². The second kappa shape index (κ2) is 6.84. The van der Waals surface area contributed by atoms with Crippen molar-refractivity contribution in [2.75, 3.05) is 17.6 Å². The summed E-state index contributed by atoms with van der Waals surface area (Å²) in [6.45, 7) is 1.86. The maximum atomic E-state index is 13.4. The molecule has 0 saturated carbocycles. The fraction of sp³-hybridized carbons (Fsp3) is 0.150. The van der Waals surface area contributed by atoms with E-state index in [4.69, 9.17) is 5.73 Å². The first-order valence-corrected chi connectivity index (χ1v) is 8.66. The predicted octanol–water partition coefficient (Wildman–Crippen LogP) is 4.99. The van der Waals surface area contributed by atoms with Crippen LogP contribution in [0.2, 0.25) is 0 Å². The molecule has 0 atom stereocenters. The molecule has 3 N–H and O–H groups in total. The molecule has 4 rings (SSSR count). The lowest BCUT2D eigenvalue weighted by Gasteiger charge is -2.22. The van der Waals surface area contributed by atoms with Gasteiger partial charge >= 0.3 is 6.18 Å². The van der Waals surface area contributed by atoms with E-state index in [-0.39, 0.29) is 17.1 Å². The van der Waals surface area contributed by atoms with Crippen molar-refractivity contribution >= 4 is 23.4 Å². The molecule has 0 spiro atoms. The summed E-state index contributed by atoms with van der Waals surface area (Å²) < 4.78 is 53.5. The second-order valence-electron chi connectivity index (χ2n) is 6.52. The fourth-order valence-corrected chi connectivity index (χ4v) is 3.24. The molecule has 9 heteroatoms. The zero-order chi connectivity index (χ0) is 20.8. The highest BCUT2D eigenvalue weighted by molar-refractivity contribution is 6.01. The number of rotatable bonds is 2. The molecule has 0 radical (unpaired) electrons. The maximum absolute atomic E-state index is 13.4. The minimum atomic E-state index is -4.61. The number of pyridine rings is 2. The number of aliphatic imine (C=N–C) groups is 1. The topological polar surface area (TPSA) is 76.2 Å². The molecular weight excluding hydrogens is 386 g/mol.